The van der Waals surface area contributed by atoms with Gasteiger partial charge in [0.05, 0.1) is 25.2 Å². The minimum atomic E-state index is -1.93. The molecule has 32 nitrogen and oxygen atoms in total. The van der Waals surface area contributed by atoms with Crippen molar-refractivity contribution >= 4 is 77.0 Å². The third kappa shape index (κ3) is 28.5. The van der Waals surface area contributed by atoms with Gasteiger partial charge in [-0.15, -0.1) is 0 Å². The summed E-state index contributed by atoms with van der Waals surface area (Å²) in [5.74, 6) is -13.0. The summed E-state index contributed by atoms with van der Waals surface area (Å²) in [6.45, 7) is 8.77. The number of carbonyl (C=O) groups excluding carboxylic acids is 9. The van der Waals surface area contributed by atoms with Crippen LogP contribution < -0.4 is 76.9 Å². The van der Waals surface area contributed by atoms with Crippen molar-refractivity contribution in [3.63, 3.8) is 0 Å². The van der Waals surface area contributed by atoms with Crippen molar-refractivity contribution in [3.8, 4) is 0 Å². The van der Waals surface area contributed by atoms with Crippen LogP contribution >= 0.6 is 0 Å². The van der Waals surface area contributed by atoms with E-state index < -0.39 is 138 Å². The van der Waals surface area contributed by atoms with Gasteiger partial charge < -0.3 is 97.0 Å². The van der Waals surface area contributed by atoms with Crippen molar-refractivity contribution in [2.45, 2.75) is 160 Å². The maximum atomic E-state index is 14.4. The SMILES string of the molecule is CC(C)C[C@H](NC(=O)[C@@H](NC(=O)[C@H](CCCCN(C)C)NC(=O)[C@H](CCCN=C(N)N)NC(=O)[C@H](Cc1cnc[nH]1)NC(=O)[C@H](C)N)C(C)C)C(=O)N[C@@H](CCCN=C(N)N)C(=O)N[C@@H](CC(=O)O)C(=O)N[C@@H](CC(N)=O)C(=O)O. The number of aliphatic carboxylic acids is 2. The van der Waals surface area contributed by atoms with Crippen molar-refractivity contribution < 1.29 is 63.0 Å². The number of nitrogens with one attached hydrogen (secondary N) is 9. The molecule has 0 fully saturated rings. The second-order valence-corrected chi connectivity index (χ2v) is 20.2. The first-order valence-corrected chi connectivity index (χ1v) is 26.1. The lowest BCUT2D eigenvalue weighted by Gasteiger charge is -2.29. The zero-order valence-electron chi connectivity index (χ0n) is 46.5. The van der Waals surface area contributed by atoms with Crippen LogP contribution in [0.3, 0.4) is 0 Å². The summed E-state index contributed by atoms with van der Waals surface area (Å²) in [7, 11) is 3.71. The highest BCUT2D eigenvalue weighted by Gasteiger charge is 2.36. The maximum Gasteiger partial charge on any atom is 0.326 e. The van der Waals surface area contributed by atoms with E-state index in [4.69, 9.17) is 34.4 Å². The van der Waals surface area contributed by atoms with Gasteiger partial charge >= 0.3 is 11.9 Å². The number of carboxylic acids is 2. The molecule has 0 bridgehead atoms. The fourth-order valence-electron chi connectivity index (χ4n) is 7.62. The Kier molecular flexibility index (Phi) is 31.5. The molecule has 32 heteroatoms. The second-order valence-electron chi connectivity index (χ2n) is 20.2. The van der Waals surface area contributed by atoms with E-state index in [1.54, 1.807) is 27.7 Å². The van der Waals surface area contributed by atoms with Gasteiger partial charge in [-0.1, -0.05) is 27.7 Å². The van der Waals surface area contributed by atoms with Gasteiger partial charge in [0.2, 0.25) is 53.2 Å². The summed E-state index contributed by atoms with van der Waals surface area (Å²) in [4.78, 5) is 163. The minimum Gasteiger partial charge on any atom is -0.481 e. The summed E-state index contributed by atoms with van der Waals surface area (Å²) in [5.41, 5.74) is 33.3. The van der Waals surface area contributed by atoms with Crippen molar-refractivity contribution in [2.75, 3.05) is 33.7 Å². The molecule has 80 heavy (non-hydrogen) atoms. The number of aromatic nitrogens is 2. The average Bonchev–Trinajstić information content (AvgIpc) is 3.87. The standard InChI is InChI=1S/C48H85N19O13/c1-24(2)18-31(42(75)60-30(14-11-16-57-48(53)54)40(73)63-33(21-36(69)70)44(77)65-34(46(79)80)20-35(50)68)64-45(78)37(25(3)4)66-41(74)28(12-8-9-17-67(6)7)59-39(72)29(13-10-15-56-47(51)52)61-43(76)32(62-38(71)26(5)49)19-27-22-55-23-58-27/h22-26,28-34,37H,8-21,49H2,1-7H3,(H2,50,68)(H,55,58)(H,59,72)(H,60,75)(H,61,76)(H,62,71)(H,63,73)(H,64,78)(H,65,77)(H,66,74)(H,69,70)(H,79,80)(H4,51,52,56)(H4,53,54,57)/t26-,28-,29-,30-,31-,32-,33-,34-,37-/m0/s1. The molecule has 0 aromatic carbocycles. The van der Waals surface area contributed by atoms with E-state index in [0.29, 0.717) is 25.1 Å². The molecule has 1 rings (SSSR count). The topological polar surface area (TPSA) is 537 Å². The van der Waals surface area contributed by atoms with Gasteiger partial charge in [0, 0.05) is 31.4 Å². The van der Waals surface area contributed by atoms with E-state index >= 15 is 0 Å². The first kappa shape index (κ1) is 69.9. The predicted molar refractivity (Wildman–Crippen MR) is 292 cm³/mol. The molecule has 0 aliphatic heterocycles. The first-order chi connectivity index (χ1) is 37.4. The molecule has 1 aromatic rings. The van der Waals surface area contributed by atoms with Crippen LogP contribution in [-0.2, 0) is 59.2 Å². The fourth-order valence-corrected chi connectivity index (χ4v) is 7.62. The Balaban J connectivity index is 3.63. The number of rotatable bonds is 39. The van der Waals surface area contributed by atoms with Crippen LogP contribution in [0.4, 0.5) is 0 Å². The lowest BCUT2D eigenvalue weighted by atomic mass is 9.98. The smallest absolute Gasteiger partial charge is 0.326 e. The molecular weight excluding hydrogens is 1050 g/mol. The number of nitrogens with two attached hydrogens (primary N) is 6. The summed E-state index contributed by atoms with van der Waals surface area (Å²) in [5, 5.41) is 39.2. The number of aromatic amines is 1. The molecule has 0 unspecified atom stereocenters. The highest BCUT2D eigenvalue weighted by atomic mass is 16.4. The molecule has 450 valence electrons. The van der Waals surface area contributed by atoms with E-state index in [1.165, 1.54) is 19.4 Å². The van der Waals surface area contributed by atoms with Gasteiger partial charge in [0.25, 0.3) is 0 Å². The van der Waals surface area contributed by atoms with Crippen LogP contribution in [0.1, 0.15) is 105 Å². The Bertz CT molecular complexity index is 2290. The molecule has 9 amide bonds. The highest BCUT2D eigenvalue weighted by molar-refractivity contribution is 5.99. The number of carboxylic acid groups (broad SMARTS) is 2. The highest BCUT2D eigenvalue weighted by Crippen LogP contribution is 2.13. The molecule has 1 aromatic heterocycles. The van der Waals surface area contributed by atoms with Gasteiger partial charge in [-0.2, -0.15) is 0 Å². The van der Waals surface area contributed by atoms with Crippen LogP contribution in [0.2, 0.25) is 0 Å². The number of aliphatic imine (C=N–C) groups is 2. The van der Waals surface area contributed by atoms with E-state index in [-0.39, 0.29) is 75.9 Å². The first-order valence-electron chi connectivity index (χ1n) is 26.1. The summed E-state index contributed by atoms with van der Waals surface area (Å²) >= 11 is 0. The number of carbonyl (C=O) groups is 11. The number of guanidine groups is 2. The lowest BCUT2D eigenvalue weighted by Crippen LogP contribution is -2.61. The predicted octanol–water partition coefficient (Wildman–Crippen LogP) is -5.85. The molecule has 0 saturated heterocycles. The number of amides is 9. The molecule has 9 atom stereocenters. The Morgan fingerprint density at radius 1 is 0.562 bits per heavy atom. The number of unbranched alkanes of at least 4 members (excludes halogenated alkanes) is 1. The zero-order valence-corrected chi connectivity index (χ0v) is 46.5. The van der Waals surface area contributed by atoms with Gasteiger partial charge in [-0.25, -0.2) is 9.78 Å². The number of nitrogens with zero attached hydrogens (tertiary/aromatic N) is 4. The Morgan fingerprint density at radius 2 is 1.00 bits per heavy atom. The van der Waals surface area contributed by atoms with Crippen LogP contribution in [-0.4, -0.2) is 190 Å². The molecule has 0 aliphatic rings. The third-order valence-corrected chi connectivity index (χ3v) is 11.8. The number of primary amides is 1. The van der Waals surface area contributed by atoms with Gasteiger partial charge in [0.1, 0.15) is 48.3 Å². The van der Waals surface area contributed by atoms with Crippen molar-refractivity contribution in [1.82, 2.24) is 57.4 Å². The normalized spacial score (nSPS) is 14.5. The minimum absolute atomic E-state index is 0.0301. The molecule has 1 heterocycles. The van der Waals surface area contributed by atoms with Crippen molar-refractivity contribution in [3.05, 3.63) is 18.2 Å². The molecule has 0 radical (unpaired) electrons. The van der Waals surface area contributed by atoms with Gasteiger partial charge in [-0.3, -0.25) is 57.9 Å². The maximum absolute atomic E-state index is 14.4. The zero-order chi connectivity index (χ0) is 60.8. The van der Waals surface area contributed by atoms with E-state index in [2.05, 4.69) is 57.2 Å². The molecule has 0 aliphatic carbocycles. The van der Waals surface area contributed by atoms with E-state index in [0.717, 1.165) is 0 Å². The summed E-state index contributed by atoms with van der Waals surface area (Å²) < 4.78 is 0. The Morgan fingerprint density at radius 3 is 1.43 bits per heavy atom. The fraction of sp³-hybridized carbons (Fsp3) is 0.667. The average molecular weight is 1140 g/mol. The Labute approximate surface area is 464 Å². The largest absolute Gasteiger partial charge is 0.481 e. The number of hydrogen-bond acceptors (Lipinski definition) is 16. The molecule has 0 spiro atoms. The van der Waals surface area contributed by atoms with Crippen LogP contribution in [0, 0.1) is 11.8 Å². The van der Waals surface area contributed by atoms with Crippen LogP contribution in [0.5, 0.6) is 0 Å². The quantitative estimate of drug-likeness (QED) is 0.0166. The monoisotopic (exact) mass is 1140 g/mol. The molecular formula is C48H85N19O13. The van der Waals surface area contributed by atoms with Crippen LogP contribution in [0.15, 0.2) is 22.5 Å². The second kappa shape index (κ2) is 36.1. The van der Waals surface area contributed by atoms with Crippen molar-refractivity contribution in [1.29, 1.82) is 0 Å². The van der Waals surface area contributed by atoms with Gasteiger partial charge in [-0.05, 0) is 90.8 Å². The lowest BCUT2D eigenvalue weighted by molar-refractivity contribution is -0.145. The summed E-state index contributed by atoms with van der Waals surface area (Å²) in [6.07, 6.45) is 1.81. The molecule has 23 N–H and O–H groups in total. The third-order valence-electron chi connectivity index (χ3n) is 11.8. The van der Waals surface area contributed by atoms with E-state index in [9.17, 15) is 63.0 Å². The van der Waals surface area contributed by atoms with Gasteiger partial charge in [0.15, 0.2) is 11.9 Å². The Hall–Kier alpha value is -8.16. The number of imidazole rings is 1. The van der Waals surface area contributed by atoms with E-state index in [1.807, 2.05) is 24.3 Å². The molecule has 0 saturated carbocycles. The summed E-state index contributed by atoms with van der Waals surface area (Å²) in [6, 6.07) is -13.0. The van der Waals surface area contributed by atoms with Crippen LogP contribution in [0.25, 0.3) is 0 Å². The van der Waals surface area contributed by atoms with Crippen molar-refractivity contribution in [2.24, 2.45) is 56.2 Å². The number of H-pyrrole nitrogens is 1. The number of hydrogen-bond donors (Lipinski definition) is 17.